The van der Waals surface area contributed by atoms with Gasteiger partial charge in [0.25, 0.3) is 0 Å². The average Bonchev–Trinajstić information content (AvgIpc) is 3.92. The van der Waals surface area contributed by atoms with Gasteiger partial charge in [-0.15, -0.1) is 11.3 Å². The van der Waals surface area contributed by atoms with Crippen molar-refractivity contribution in [1.82, 2.24) is 19.1 Å². The third-order valence-electron chi connectivity index (χ3n) is 11.1. The molecular formula is C50H30N4S. The van der Waals surface area contributed by atoms with Crippen LogP contribution in [-0.2, 0) is 0 Å². The molecule has 0 amide bonds. The van der Waals surface area contributed by atoms with E-state index in [1.807, 2.05) is 29.5 Å². The molecule has 0 aliphatic heterocycles. The second-order valence-corrected chi connectivity index (χ2v) is 15.2. The molecule has 4 heterocycles. The van der Waals surface area contributed by atoms with Gasteiger partial charge in [-0.2, -0.15) is 0 Å². The van der Waals surface area contributed by atoms with Gasteiger partial charge in [0.05, 0.1) is 27.6 Å². The fourth-order valence-corrected chi connectivity index (χ4v) is 10.1. The highest BCUT2D eigenvalue weighted by molar-refractivity contribution is 7.27. The van der Waals surface area contributed by atoms with Gasteiger partial charge in [-0.25, -0.2) is 9.97 Å². The Morgan fingerprint density at radius 1 is 0.345 bits per heavy atom. The van der Waals surface area contributed by atoms with Crippen molar-refractivity contribution in [3.8, 4) is 34.0 Å². The molecule has 4 nitrogen and oxygen atoms in total. The molecule has 0 N–H and O–H groups in total. The number of hydrogen-bond donors (Lipinski definition) is 0. The van der Waals surface area contributed by atoms with E-state index in [4.69, 9.17) is 9.97 Å². The van der Waals surface area contributed by atoms with E-state index in [0.29, 0.717) is 0 Å². The number of benzene rings is 8. The van der Waals surface area contributed by atoms with Crippen molar-refractivity contribution in [2.45, 2.75) is 0 Å². The minimum Gasteiger partial charge on any atom is -0.309 e. The summed E-state index contributed by atoms with van der Waals surface area (Å²) in [5.41, 5.74) is 10.2. The van der Waals surface area contributed by atoms with E-state index in [9.17, 15) is 0 Å². The molecule has 0 spiro atoms. The van der Waals surface area contributed by atoms with Crippen molar-refractivity contribution in [3.63, 3.8) is 0 Å². The predicted octanol–water partition coefficient (Wildman–Crippen LogP) is 13.5. The second kappa shape index (κ2) is 11.7. The summed E-state index contributed by atoms with van der Waals surface area (Å²) < 4.78 is 7.38. The number of fused-ring (bicyclic) bond motifs is 12. The molecule has 0 radical (unpaired) electrons. The van der Waals surface area contributed by atoms with Gasteiger partial charge in [0, 0.05) is 58.4 Å². The zero-order valence-electron chi connectivity index (χ0n) is 29.5. The lowest BCUT2D eigenvalue weighted by atomic mass is 10.1. The van der Waals surface area contributed by atoms with Crippen molar-refractivity contribution < 1.29 is 0 Å². The molecule has 256 valence electrons. The molecule has 12 aromatic rings. The van der Waals surface area contributed by atoms with Gasteiger partial charge in [0.15, 0.2) is 5.82 Å². The number of thiophene rings is 1. The second-order valence-electron chi connectivity index (χ2n) is 14.1. The highest BCUT2D eigenvalue weighted by Crippen LogP contribution is 2.47. The van der Waals surface area contributed by atoms with Crippen LogP contribution in [0, 0.1) is 0 Å². The Morgan fingerprint density at radius 3 is 1.51 bits per heavy atom. The van der Waals surface area contributed by atoms with Crippen LogP contribution in [0.1, 0.15) is 0 Å². The fraction of sp³-hybridized carbons (Fsp3) is 0. The van der Waals surface area contributed by atoms with Crippen molar-refractivity contribution >= 4 is 86.0 Å². The lowest BCUT2D eigenvalue weighted by Gasteiger charge is -2.12. The highest BCUT2D eigenvalue weighted by Gasteiger charge is 2.23. The topological polar surface area (TPSA) is 35.6 Å². The summed E-state index contributed by atoms with van der Waals surface area (Å²) in [7, 11) is 0. The maximum Gasteiger partial charge on any atom is 0.162 e. The molecule has 0 saturated heterocycles. The molecule has 5 heteroatoms. The number of hydrogen-bond acceptors (Lipinski definition) is 3. The first-order chi connectivity index (χ1) is 27.3. The van der Waals surface area contributed by atoms with Crippen LogP contribution in [0.15, 0.2) is 182 Å². The van der Waals surface area contributed by atoms with Gasteiger partial charge in [0.1, 0.15) is 5.82 Å². The largest absolute Gasteiger partial charge is 0.309 e. The average molecular weight is 719 g/mol. The lowest BCUT2D eigenvalue weighted by molar-refractivity contribution is 1.08. The fourth-order valence-electron chi connectivity index (χ4n) is 8.68. The third-order valence-corrected chi connectivity index (χ3v) is 12.4. The summed E-state index contributed by atoms with van der Waals surface area (Å²) in [5.74, 6) is 1.61. The van der Waals surface area contributed by atoms with E-state index in [2.05, 4.69) is 173 Å². The van der Waals surface area contributed by atoms with Crippen LogP contribution in [0.25, 0.3) is 109 Å². The van der Waals surface area contributed by atoms with Crippen LogP contribution in [0.5, 0.6) is 0 Å². The van der Waals surface area contributed by atoms with E-state index in [-0.39, 0.29) is 0 Å². The third kappa shape index (κ3) is 4.45. The molecular weight excluding hydrogens is 689 g/mol. The number of rotatable bonds is 4. The minimum absolute atomic E-state index is 0.719. The SMILES string of the molecule is c1ccc(-c2ccc(-n3c4ccccc4c4c5sc6c(ccc7c6c6ccccc6n7-c6nc(-c7ccccc7)nc7ccccc67)c5ccc43)cc2)cc1. The van der Waals surface area contributed by atoms with Crippen LogP contribution >= 0.6 is 11.3 Å². The molecule has 0 aliphatic rings. The first-order valence-electron chi connectivity index (χ1n) is 18.6. The van der Waals surface area contributed by atoms with Crippen molar-refractivity contribution in [1.29, 1.82) is 0 Å². The summed E-state index contributed by atoms with van der Waals surface area (Å²) in [6, 6.07) is 65.1. The maximum absolute atomic E-state index is 5.32. The highest BCUT2D eigenvalue weighted by atomic mass is 32.1. The van der Waals surface area contributed by atoms with E-state index >= 15 is 0 Å². The quantitative estimate of drug-likeness (QED) is 0.182. The molecule has 0 bridgehead atoms. The molecule has 12 rings (SSSR count). The van der Waals surface area contributed by atoms with Crippen molar-refractivity contribution in [2.75, 3.05) is 0 Å². The molecule has 0 saturated carbocycles. The van der Waals surface area contributed by atoms with Gasteiger partial charge in [-0.3, -0.25) is 4.57 Å². The van der Waals surface area contributed by atoms with Crippen molar-refractivity contribution in [2.24, 2.45) is 0 Å². The Morgan fingerprint density at radius 2 is 0.855 bits per heavy atom. The Bertz CT molecular complexity index is 3470. The number of aromatic nitrogens is 4. The summed E-state index contributed by atoms with van der Waals surface area (Å²) in [5, 5.41) is 8.62. The maximum atomic E-state index is 5.32. The smallest absolute Gasteiger partial charge is 0.162 e. The van der Waals surface area contributed by atoms with E-state index < -0.39 is 0 Å². The zero-order valence-corrected chi connectivity index (χ0v) is 30.3. The summed E-state index contributed by atoms with van der Waals surface area (Å²) in [6.07, 6.45) is 0. The van der Waals surface area contributed by atoms with Crippen LogP contribution in [0.3, 0.4) is 0 Å². The van der Waals surface area contributed by atoms with Crippen LogP contribution in [-0.4, -0.2) is 19.1 Å². The molecule has 55 heavy (non-hydrogen) atoms. The Balaban J connectivity index is 1.13. The lowest BCUT2D eigenvalue weighted by Crippen LogP contribution is -2.02. The summed E-state index contributed by atoms with van der Waals surface area (Å²) in [6.45, 7) is 0. The number of para-hydroxylation sites is 3. The predicted molar refractivity (Wildman–Crippen MR) is 232 cm³/mol. The molecule has 0 aliphatic carbocycles. The van der Waals surface area contributed by atoms with Gasteiger partial charge < -0.3 is 4.57 Å². The summed E-state index contributed by atoms with van der Waals surface area (Å²) in [4.78, 5) is 10.3. The first kappa shape index (κ1) is 30.4. The van der Waals surface area contributed by atoms with Crippen LogP contribution in [0.2, 0.25) is 0 Å². The Labute approximate surface area is 319 Å². The standard InChI is InChI=1S/C50H30N4S/c1-3-13-31(14-4-1)32-23-25-34(26-24-32)53-41-21-11-8-18-38(41)45-43(53)29-27-35-36-28-30-44-46(48(36)55-47(35)45)39-19-9-12-22-42(39)54(44)50-37-17-7-10-20-40(37)51-49(52-50)33-15-5-2-6-16-33/h1-30H. The first-order valence-corrected chi connectivity index (χ1v) is 19.4. The monoisotopic (exact) mass is 718 g/mol. The molecule has 0 atom stereocenters. The molecule has 8 aromatic carbocycles. The number of nitrogens with zero attached hydrogens (tertiary/aromatic N) is 4. The van der Waals surface area contributed by atoms with E-state index in [0.717, 1.165) is 44.8 Å². The van der Waals surface area contributed by atoms with Gasteiger partial charge in [-0.1, -0.05) is 133 Å². The van der Waals surface area contributed by atoms with E-state index in [1.165, 1.54) is 63.9 Å². The zero-order chi connectivity index (χ0) is 36.0. The molecule has 0 fully saturated rings. The minimum atomic E-state index is 0.719. The van der Waals surface area contributed by atoms with Gasteiger partial charge in [-0.05, 0) is 59.7 Å². The van der Waals surface area contributed by atoms with E-state index in [1.54, 1.807) is 0 Å². The normalized spacial score (nSPS) is 12.0. The Kier molecular flexibility index (Phi) is 6.47. The Hall–Kier alpha value is -7.08. The summed E-state index contributed by atoms with van der Waals surface area (Å²) >= 11 is 1.91. The molecule has 4 aromatic heterocycles. The molecule has 0 unspecified atom stereocenters. The van der Waals surface area contributed by atoms with Gasteiger partial charge in [0.2, 0.25) is 0 Å². The van der Waals surface area contributed by atoms with Crippen LogP contribution < -0.4 is 0 Å². The van der Waals surface area contributed by atoms with Gasteiger partial charge >= 0.3 is 0 Å². The van der Waals surface area contributed by atoms with Crippen molar-refractivity contribution in [3.05, 3.63) is 182 Å². The van der Waals surface area contributed by atoms with Crippen LogP contribution in [0.4, 0.5) is 0 Å².